The summed E-state index contributed by atoms with van der Waals surface area (Å²) in [5.74, 6) is -0.0208. The van der Waals surface area contributed by atoms with Crippen molar-refractivity contribution in [3.63, 3.8) is 0 Å². The van der Waals surface area contributed by atoms with Crippen LogP contribution in [-0.4, -0.2) is 11.8 Å². The van der Waals surface area contributed by atoms with Gasteiger partial charge in [0, 0.05) is 17.5 Å². The van der Waals surface area contributed by atoms with E-state index in [1.54, 1.807) is 24.3 Å². The van der Waals surface area contributed by atoms with Gasteiger partial charge in [0.15, 0.2) is 0 Å². The summed E-state index contributed by atoms with van der Waals surface area (Å²) in [5, 5.41) is 0. The predicted molar refractivity (Wildman–Crippen MR) is 64.2 cm³/mol. The molecule has 2 fully saturated rings. The Morgan fingerprint density at radius 2 is 1.53 bits per heavy atom. The van der Waals surface area contributed by atoms with Crippen molar-refractivity contribution in [3.8, 4) is 0 Å². The molecule has 1 aliphatic heterocycles. The number of nitrogens with zero attached hydrogens (tertiary/aromatic N) is 1. The summed E-state index contributed by atoms with van der Waals surface area (Å²) < 4.78 is 0. The molecule has 3 rings (SSSR count). The molecule has 2 atom stereocenters. The number of fused-ring (bicyclic) bond motifs is 2. The monoisotopic (exact) mass is 230 g/mol. The van der Waals surface area contributed by atoms with E-state index in [9.17, 15) is 9.59 Å². The highest BCUT2D eigenvalue weighted by molar-refractivity contribution is 6.18. The number of amides is 2. The Balaban J connectivity index is 1.99. The maximum absolute atomic E-state index is 12.2. The van der Waals surface area contributed by atoms with Crippen LogP contribution in [-0.2, 0) is 9.59 Å². The number of imide groups is 1. The average molecular weight is 230 g/mol. The van der Waals surface area contributed by atoms with Gasteiger partial charge in [-0.05, 0) is 43.5 Å². The number of carbonyl (C=O) groups excluding carboxylic acids is 2. The van der Waals surface area contributed by atoms with Crippen LogP contribution in [0.25, 0.3) is 0 Å². The van der Waals surface area contributed by atoms with Gasteiger partial charge in [0.1, 0.15) is 0 Å². The lowest BCUT2D eigenvalue weighted by Gasteiger charge is -2.29. The summed E-state index contributed by atoms with van der Waals surface area (Å²) in [6.07, 6.45) is 2.44. The highest BCUT2D eigenvalue weighted by Gasteiger charge is 2.45. The third-order valence-corrected chi connectivity index (χ3v) is 3.72. The average Bonchev–Trinajstić information content (AvgIpc) is 2.76. The number of benzene rings is 1. The molecule has 0 aromatic heterocycles. The van der Waals surface area contributed by atoms with Crippen LogP contribution in [0, 0.1) is 11.8 Å². The third-order valence-electron chi connectivity index (χ3n) is 3.72. The predicted octanol–water partition coefficient (Wildman–Crippen LogP) is 1.56. The Hall–Kier alpha value is -1.84. The molecule has 2 N–H and O–H groups in total. The second-order valence-electron chi connectivity index (χ2n) is 4.81. The third kappa shape index (κ3) is 1.52. The first-order valence-corrected chi connectivity index (χ1v) is 5.90. The van der Waals surface area contributed by atoms with Crippen LogP contribution >= 0.6 is 0 Å². The first-order chi connectivity index (χ1) is 8.16. The number of hydrogen-bond donors (Lipinski definition) is 1. The van der Waals surface area contributed by atoms with Gasteiger partial charge in [-0.2, -0.15) is 0 Å². The molecule has 2 amide bonds. The van der Waals surface area contributed by atoms with E-state index in [-0.39, 0.29) is 23.7 Å². The normalized spacial score (nSPS) is 27.6. The van der Waals surface area contributed by atoms with E-state index in [0.717, 1.165) is 19.3 Å². The van der Waals surface area contributed by atoms with Crippen LogP contribution in [0.3, 0.4) is 0 Å². The lowest BCUT2D eigenvalue weighted by Crippen LogP contribution is -2.46. The largest absolute Gasteiger partial charge is 0.399 e. The van der Waals surface area contributed by atoms with Crippen molar-refractivity contribution in [3.05, 3.63) is 24.3 Å². The van der Waals surface area contributed by atoms with Crippen LogP contribution in [0.5, 0.6) is 0 Å². The Labute approximate surface area is 99.4 Å². The fourth-order valence-corrected chi connectivity index (χ4v) is 2.78. The highest BCUT2D eigenvalue weighted by Crippen LogP contribution is 2.39. The topological polar surface area (TPSA) is 63.4 Å². The van der Waals surface area contributed by atoms with Gasteiger partial charge in [0.2, 0.25) is 11.8 Å². The van der Waals surface area contributed by atoms with Crippen LogP contribution in [0.15, 0.2) is 24.3 Å². The molecule has 4 nitrogen and oxygen atoms in total. The summed E-state index contributed by atoms with van der Waals surface area (Å²) >= 11 is 0. The fraction of sp³-hybridized carbons (Fsp3) is 0.385. The number of piperidine rings is 1. The number of hydrogen-bond acceptors (Lipinski definition) is 3. The smallest absolute Gasteiger partial charge is 0.236 e. The Bertz CT molecular complexity index is 459. The molecule has 0 spiro atoms. The Morgan fingerprint density at radius 1 is 1.00 bits per heavy atom. The van der Waals surface area contributed by atoms with Crippen molar-refractivity contribution in [2.24, 2.45) is 11.8 Å². The van der Waals surface area contributed by atoms with Crippen LogP contribution in [0.1, 0.15) is 19.3 Å². The molecule has 4 heteroatoms. The van der Waals surface area contributed by atoms with Gasteiger partial charge in [0.05, 0.1) is 5.69 Å². The molecule has 1 aliphatic carbocycles. The van der Waals surface area contributed by atoms with Gasteiger partial charge < -0.3 is 5.73 Å². The van der Waals surface area contributed by atoms with Gasteiger partial charge in [-0.15, -0.1) is 0 Å². The molecule has 1 aromatic rings. The number of carbonyl (C=O) groups is 2. The van der Waals surface area contributed by atoms with Gasteiger partial charge in [-0.3, -0.25) is 14.5 Å². The zero-order chi connectivity index (χ0) is 12.0. The quantitative estimate of drug-likeness (QED) is 0.588. The van der Waals surface area contributed by atoms with Crippen LogP contribution in [0.4, 0.5) is 11.4 Å². The van der Waals surface area contributed by atoms with E-state index in [1.165, 1.54) is 4.90 Å². The number of rotatable bonds is 1. The second kappa shape index (κ2) is 3.58. The van der Waals surface area contributed by atoms with Gasteiger partial charge in [-0.1, -0.05) is 0 Å². The summed E-state index contributed by atoms with van der Waals surface area (Å²) in [6, 6.07) is 6.89. The summed E-state index contributed by atoms with van der Waals surface area (Å²) in [4.78, 5) is 25.6. The van der Waals surface area contributed by atoms with E-state index < -0.39 is 0 Å². The maximum atomic E-state index is 12.2. The van der Waals surface area contributed by atoms with Crippen molar-refractivity contribution in [1.29, 1.82) is 0 Å². The molecule has 2 unspecified atom stereocenters. The first kappa shape index (κ1) is 10.3. The van der Waals surface area contributed by atoms with Gasteiger partial charge >= 0.3 is 0 Å². The minimum absolute atomic E-state index is 0.0373. The molecule has 1 saturated heterocycles. The molecule has 2 bridgehead atoms. The van der Waals surface area contributed by atoms with Gasteiger partial charge in [0.25, 0.3) is 0 Å². The number of nitrogen functional groups attached to an aromatic ring is 1. The number of anilines is 2. The summed E-state index contributed by atoms with van der Waals surface area (Å²) in [6.45, 7) is 0. The van der Waals surface area contributed by atoms with E-state index >= 15 is 0 Å². The molecule has 17 heavy (non-hydrogen) atoms. The molecule has 1 aromatic carbocycles. The molecular formula is C13H14N2O2. The van der Waals surface area contributed by atoms with Crippen molar-refractivity contribution in [2.75, 3.05) is 10.6 Å². The van der Waals surface area contributed by atoms with E-state index in [2.05, 4.69) is 0 Å². The van der Waals surface area contributed by atoms with Crippen molar-refractivity contribution in [2.45, 2.75) is 19.3 Å². The first-order valence-electron chi connectivity index (χ1n) is 5.90. The fourth-order valence-electron chi connectivity index (χ4n) is 2.78. The van der Waals surface area contributed by atoms with Gasteiger partial charge in [-0.25, -0.2) is 0 Å². The molecule has 2 aliphatic rings. The maximum Gasteiger partial charge on any atom is 0.236 e. The lowest BCUT2D eigenvalue weighted by atomic mass is 9.96. The zero-order valence-corrected chi connectivity index (χ0v) is 9.43. The SMILES string of the molecule is Nc1ccc(N2C(=O)C3CCC(C3)C2=O)cc1. The molecule has 88 valence electrons. The van der Waals surface area contributed by atoms with E-state index in [4.69, 9.17) is 5.73 Å². The van der Waals surface area contributed by atoms with Crippen molar-refractivity contribution in [1.82, 2.24) is 0 Å². The van der Waals surface area contributed by atoms with Crippen molar-refractivity contribution < 1.29 is 9.59 Å². The summed E-state index contributed by atoms with van der Waals surface area (Å²) in [7, 11) is 0. The van der Waals surface area contributed by atoms with E-state index in [1.807, 2.05) is 0 Å². The van der Waals surface area contributed by atoms with Crippen LogP contribution in [0.2, 0.25) is 0 Å². The lowest BCUT2D eigenvalue weighted by molar-refractivity contribution is -0.132. The van der Waals surface area contributed by atoms with Crippen LogP contribution < -0.4 is 10.6 Å². The highest BCUT2D eigenvalue weighted by atomic mass is 16.2. The zero-order valence-electron chi connectivity index (χ0n) is 9.43. The molecule has 0 radical (unpaired) electrons. The minimum Gasteiger partial charge on any atom is -0.399 e. The Morgan fingerprint density at radius 3 is 2.06 bits per heavy atom. The standard InChI is InChI=1S/C13H14N2O2/c14-10-3-5-11(6-4-10)15-12(16)8-1-2-9(7-8)13(15)17/h3-6,8-9H,1-2,7,14H2. The molecule has 1 saturated carbocycles. The molecular weight excluding hydrogens is 216 g/mol. The second-order valence-corrected chi connectivity index (χ2v) is 4.81. The summed E-state index contributed by atoms with van der Waals surface area (Å²) in [5.41, 5.74) is 6.88. The minimum atomic E-state index is -0.0477. The number of nitrogens with two attached hydrogens (primary N) is 1. The molecule has 1 heterocycles. The Kier molecular flexibility index (Phi) is 2.18. The van der Waals surface area contributed by atoms with E-state index in [0.29, 0.717) is 11.4 Å². The van der Waals surface area contributed by atoms with Crippen molar-refractivity contribution >= 4 is 23.2 Å².